The van der Waals surface area contributed by atoms with Gasteiger partial charge in [-0.2, -0.15) is 0 Å². The molecule has 0 fully saturated rings. The molecular weight excluding hydrogens is 1400 g/mol. The number of aromatic nitrogens is 9. The van der Waals surface area contributed by atoms with Gasteiger partial charge in [0.15, 0.2) is 23.3 Å². The molecule has 14 aromatic carbocycles. The van der Waals surface area contributed by atoms with E-state index in [1.54, 1.807) is 0 Å². The van der Waals surface area contributed by atoms with E-state index in [2.05, 4.69) is 294 Å². The Morgan fingerprint density at radius 3 is 0.902 bits per heavy atom. The lowest BCUT2D eigenvalue weighted by molar-refractivity contribution is 1.07. The summed E-state index contributed by atoms with van der Waals surface area (Å²) in [5.41, 5.74) is 25.4. The van der Waals surface area contributed by atoms with Crippen LogP contribution in [0.15, 0.2) is 382 Å². The number of rotatable bonds is 12. The van der Waals surface area contributed by atoms with Gasteiger partial charge in [0.1, 0.15) is 0 Å². The molecule has 112 heavy (non-hydrogen) atoms. The van der Waals surface area contributed by atoms with E-state index in [0.29, 0.717) is 23.3 Å². The molecule has 524 valence electrons. The first kappa shape index (κ1) is 65.8. The van der Waals surface area contributed by atoms with Crippen LogP contribution in [0.4, 0.5) is 0 Å². The Hall–Kier alpha value is -14.5. The molecule has 0 unspecified atom stereocenters. The summed E-state index contributed by atoms with van der Waals surface area (Å²) >= 11 is 3.74. The topological polar surface area (TPSA) is 100 Å². The molecule has 0 radical (unpaired) electrons. The Balaban J connectivity index is 0.000000141. The Morgan fingerprint density at radius 2 is 0.491 bits per heavy atom. The quantitative estimate of drug-likeness (QED) is 0.120. The fourth-order valence-corrected chi connectivity index (χ4v) is 18.5. The molecule has 0 aliphatic heterocycles. The van der Waals surface area contributed by atoms with Gasteiger partial charge in [-0.25, -0.2) is 34.9 Å². The summed E-state index contributed by atoms with van der Waals surface area (Å²) in [5, 5.41) is 7.22. The van der Waals surface area contributed by atoms with E-state index in [0.717, 1.165) is 112 Å². The summed E-state index contributed by atoms with van der Waals surface area (Å²) in [6.07, 6.45) is 0. The van der Waals surface area contributed by atoms with E-state index in [9.17, 15) is 0 Å². The molecule has 0 N–H and O–H groups in total. The van der Waals surface area contributed by atoms with E-state index in [1.165, 1.54) is 73.2 Å². The highest BCUT2D eigenvalue weighted by molar-refractivity contribution is 7.28. The molecule has 0 bridgehead atoms. The Labute approximate surface area is 652 Å². The molecule has 0 saturated carbocycles. The zero-order chi connectivity index (χ0) is 74.0. The molecule has 0 saturated heterocycles. The first-order chi connectivity index (χ1) is 55.5. The normalized spacial score (nSPS) is 11.6. The van der Waals surface area contributed by atoms with Crippen LogP contribution in [-0.4, -0.2) is 44.0 Å². The largest absolute Gasteiger partial charge is 0.308 e. The second-order valence-electron chi connectivity index (χ2n) is 27.8. The van der Waals surface area contributed by atoms with Crippen LogP contribution >= 0.6 is 22.7 Å². The number of para-hydroxylation sites is 6. The van der Waals surface area contributed by atoms with Gasteiger partial charge in [-0.15, -0.1) is 22.7 Å². The summed E-state index contributed by atoms with van der Waals surface area (Å²) < 4.78 is 9.90. The van der Waals surface area contributed by atoms with Crippen molar-refractivity contribution in [1.29, 1.82) is 0 Å². The van der Waals surface area contributed by atoms with Gasteiger partial charge in [0.2, 0.25) is 0 Å². The standard InChI is InChI=1S/C51H32N4S.C50H31N5S/c1-4-15-34(16-5-1)43-32-44(54-51(53-43)36-17-6-2-7-18-36)35-29-27-33(28-30-35)37-19-14-20-38(31-37)47-46-48-50(56-49(46)40-23-10-12-25-42(40)52-47)41-24-11-13-26-45(41)55(48)39-21-8-3-9-22-39;1-4-15-33(16-5-1)48-52-49(34-17-6-2-7-18-34)54-50(53-48)35-29-27-32(28-30-35)36-19-14-20-37(31-36)44-43-45-47(56-46(43)39-23-10-12-25-41(39)51-44)40-24-11-13-26-42(40)55(45)38-21-8-3-9-22-38/h1-32H;1-31H. The molecule has 0 atom stereocenters. The van der Waals surface area contributed by atoms with Crippen molar-refractivity contribution in [3.05, 3.63) is 382 Å². The Morgan fingerprint density at radius 1 is 0.196 bits per heavy atom. The zero-order valence-electron chi connectivity index (χ0n) is 60.2. The number of fused-ring (bicyclic) bond motifs is 14. The summed E-state index contributed by atoms with van der Waals surface area (Å²) in [7, 11) is 0. The first-order valence-corrected chi connectivity index (χ1v) is 39.1. The molecule has 0 amide bonds. The summed E-state index contributed by atoms with van der Waals surface area (Å²) in [6, 6.07) is 134. The molecule has 22 rings (SSSR count). The highest BCUT2D eigenvalue weighted by Gasteiger charge is 2.26. The smallest absolute Gasteiger partial charge is 0.164 e. The molecule has 9 nitrogen and oxygen atoms in total. The number of nitrogens with zero attached hydrogens (tertiary/aromatic N) is 9. The van der Waals surface area contributed by atoms with Crippen molar-refractivity contribution < 1.29 is 0 Å². The Bertz CT molecular complexity index is 6770. The molecule has 8 aromatic heterocycles. The van der Waals surface area contributed by atoms with Crippen molar-refractivity contribution in [3.63, 3.8) is 0 Å². The second-order valence-corrected chi connectivity index (χ2v) is 29.9. The summed E-state index contributed by atoms with van der Waals surface area (Å²) in [5.74, 6) is 2.64. The van der Waals surface area contributed by atoms with Crippen LogP contribution in [0.2, 0.25) is 0 Å². The third-order valence-electron chi connectivity index (χ3n) is 21.0. The van der Waals surface area contributed by atoms with Gasteiger partial charge >= 0.3 is 0 Å². The van der Waals surface area contributed by atoms with Crippen molar-refractivity contribution >= 4 is 107 Å². The molecule has 0 aliphatic rings. The number of hydrogen-bond donors (Lipinski definition) is 0. The lowest BCUT2D eigenvalue weighted by Gasteiger charge is -2.12. The van der Waals surface area contributed by atoms with Crippen molar-refractivity contribution in [1.82, 2.24) is 44.0 Å². The second kappa shape index (κ2) is 27.9. The number of hydrogen-bond acceptors (Lipinski definition) is 9. The maximum Gasteiger partial charge on any atom is 0.164 e. The maximum absolute atomic E-state index is 5.44. The predicted octanol–water partition coefficient (Wildman–Crippen LogP) is 26.7. The van der Waals surface area contributed by atoms with Gasteiger partial charge in [-0.05, 0) is 89.0 Å². The first-order valence-electron chi connectivity index (χ1n) is 37.4. The molecule has 8 heterocycles. The number of pyridine rings is 2. The van der Waals surface area contributed by atoms with Gasteiger partial charge in [0.05, 0.1) is 65.3 Å². The molecular formula is C101H63N9S2. The van der Waals surface area contributed by atoms with Crippen LogP contribution < -0.4 is 0 Å². The average molecular weight is 1470 g/mol. The highest BCUT2D eigenvalue weighted by atomic mass is 32.1. The minimum Gasteiger partial charge on any atom is -0.308 e. The zero-order valence-corrected chi connectivity index (χ0v) is 61.8. The van der Waals surface area contributed by atoms with E-state index < -0.39 is 0 Å². The van der Waals surface area contributed by atoms with Crippen molar-refractivity contribution in [2.75, 3.05) is 0 Å². The minimum atomic E-state index is 0.635. The van der Waals surface area contributed by atoms with E-state index in [4.69, 9.17) is 34.9 Å². The Kier molecular flexibility index (Phi) is 16.4. The molecule has 0 spiro atoms. The molecule has 22 aromatic rings. The van der Waals surface area contributed by atoms with Crippen LogP contribution in [0.5, 0.6) is 0 Å². The van der Waals surface area contributed by atoms with Crippen LogP contribution in [-0.2, 0) is 0 Å². The van der Waals surface area contributed by atoms with Gasteiger partial charge in [0.25, 0.3) is 0 Å². The molecule has 0 aliphatic carbocycles. The van der Waals surface area contributed by atoms with Gasteiger partial charge in [-0.3, -0.25) is 0 Å². The van der Waals surface area contributed by atoms with Crippen molar-refractivity contribution in [2.45, 2.75) is 0 Å². The van der Waals surface area contributed by atoms with Crippen molar-refractivity contribution in [3.8, 4) is 124 Å². The van der Waals surface area contributed by atoms with E-state index >= 15 is 0 Å². The van der Waals surface area contributed by atoms with Crippen LogP contribution in [0.3, 0.4) is 0 Å². The lowest BCUT2D eigenvalue weighted by atomic mass is 9.98. The number of benzene rings is 14. The third-order valence-corrected chi connectivity index (χ3v) is 23.5. The monoisotopic (exact) mass is 1470 g/mol. The van der Waals surface area contributed by atoms with Crippen LogP contribution in [0.1, 0.15) is 0 Å². The fourth-order valence-electron chi connectivity index (χ4n) is 15.7. The van der Waals surface area contributed by atoms with E-state index in [-0.39, 0.29) is 0 Å². The van der Waals surface area contributed by atoms with Gasteiger partial charge in [-0.1, -0.05) is 315 Å². The van der Waals surface area contributed by atoms with Crippen LogP contribution in [0.25, 0.3) is 208 Å². The highest BCUT2D eigenvalue weighted by Crippen LogP contribution is 2.50. The average Bonchev–Trinajstić information content (AvgIpc) is 1.55. The van der Waals surface area contributed by atoms with Gasteiger partial charge < -0.3 is 9.13 Å². The lowest BCUT2D eigenvalue weighted by Crippen LogP contribution is -2.00. The third kappa shape index (κ3) is 11.7. The SMILES string of the molecule is c1ccc(-c2cc(-c3ccc(-c4cccc(-c5nc6ccccc6c6sc7c8ccccc8n(-c8ccccc8)c7c56)c4)cc3)nc(-c3ccccc3)n2)cc1.c1ccc(-c2nc(-c3ccccc3)nc(-c3ccc(-c4cccc(-c5nc6ccccc6c6sc7c8ccccc8n(-c8ccccc8)c7c56)c4)cc3)n2)cc1. The fraction of sp³-hybridized carbons (Fsp3) is 0. The minimum absolute atomic E-state index is 0.635. The van der Waals surface area contributed by atoms with Crippen molar-refractivity contribution in [2.24, 2.45) is 0 Å². The molecule has 11 heteroatoms. The maximum atomic E-state index is 5.44. The van der Waals surface area contributed by atoms with Gasteiger partial charge in [0, 0.05) is 97.6 Å². The number of thiophene rings is 2. The summed E-state index contributed by atoms with van der Waals surface area (Å²) in [4.78, 5) is 35.6. The van der Waals surface area contributed by atoms with E-state index in [1.807, 2.05) is 120 Å². The summed E-state index contributed by atoms with van der Waals surface area (Å²) in [6.45, 7) is 0. The van der Waals surface area contributed by atoms with Crippen LogP contribution in [0, 0.1) is 0 Å². The predicted molar refractivity (Wildman–Crippen MR) is 466 cm³/mol.